The fourth-order valence-electron chi connectivity index (χ4n) is 4.95. The first-order valence-electron chi connectivity index (χ1n) is 12.8. The molecule has 15 heteroatoms. The number of imide groups is 1. The third kappa shape index (κ3) is 5.90. The molecule has 0 aliphatic carbocycles. The number of hydrogen-bond donors (Lipinski definition) is 4. The number of benzene rings is 1. The van der Waals surface area contributed by atoms with Crippen LogP contribution in [0.2, 0.25) is 5.82 Å². The number of likely N-dealkylation sites (N-methyl/N-ethyl adjacent to an activating group) is 1. The van der Waals surface area contributed by atoms with Crippen LogP contribution in [0.25, 0.3) is 0 Å². The fourth-order valence-corrected chi connectivity index (χ4v) is 4.95. The van der Waals surface area contributed by atoms with Crippen LogP contribution in [0.15, 0.2) is 30.5 Å². The van der Waals surface area contributed by atoms with Crippen molar-refractivity contribution >= 4 is 36.5 Å². The summed E-state index contributed by atoms with van der Waals surface area (Å²) in [6, 6.07) is 1.32. The number of amides is 4. The number of nitrogens with zero attached hydrogens (tertiary/aromatic N) is 3. The summed E-state index contributed by atoms with van der Waals surface area (Å²) in [4.78, 5) is 69.3. The molecule has 41 heavy (non-hydrogen) atoms. The number of nitrogens with one attached hydrogen (secondary N) is 1. The number of ketones is 2. The van der Waals surface area contributed by atoms with Crippen LogP contribution in [-0.2, 0) is 20.8 Å². The number of hydrogen-bond acceptors (Lipinski definition) is 10. The summed E-state index contributed by atoms with van der Waals surface area (Å²) in [7, 11) is -1.53. The van der Waals surface area contributed by atoms with E-state index < -0.39 is 78.9 Å². The van der Waals surface area contributed by atoms with E-state index in [2.05, 4.69) is 10.3 Å². The van der Waals surface area contributed by atoms with Crippen molar-refractivity contribution in [2.24, 2.45) is 0 Å². The van der Waals surface area contributed by atoms with Gasteiger partial charge in [0.05, 0.1) is 24.4 Å². The van der Waals surface area contributed by atoms with Crippen molar-refractivity contribution in [3.05, 3.63) is 53.1 Å². The van der Waals surface area contributed by atoms with Crippen molar-refractivity contribution < 1.29 is 48.3 Å². The Hall–Kier alpha value is -4.37. The fraction of sp³-hybridized carbons (Fsp3) is 0.385. The second-order valence-electron chi connectivity index (χ2n) is 9.79. The van der Waals surface area contributed by atoms with Crippen molar-refractivity contribution in [2.75, 3.05) is 19.7 Å². The summed E-state index contributed by atoms with van der Waals surface area (Å²) in [5.74, 6) is -5.72. The quantitative estimate of drug-likeness (QED) is 0.196. The molecule has 1 saturated heterocycles. The van der Waals surface area contributed by atoms with Gasteiger partial charge in [-0.2, -0.15) is 0 Å². The first kappa shape index (κ1) is 29.6. The number of aliphatic hydroxyl groups excluding tert-OH is 1. The summed E-state index contributed by atoms with van der Waals surface area (Å²) in [6.07, 6.45) is 0.500. The van der Waals surface area contributed by atoms with Crippen molar-refractivity contribution in [2.45, 2.75) is 44.6 Å². The van der Waals surface area contributed by atoms with Gasteiger partial charge < -0.3 is 30.1 Å². The molecule has 0 saturated carbocycles. The number of rotatable bonds is 8. The molecule has 2 aromatic rings. The van der Waals surface area contributed by atoms with E-state index in [4.69, 9.17) is 4.65 Å². The predicted octanol–water partition coefficient (Wildman–Crippen LogP) is 0.376. The van der Waals surface area contributed by atoms with Crippen LogP contribution < -0.4 is 9.97 Å². The maximum Gasteiger partial charge on any atom is 0.526 e. The standard InChI is InChI=1S/C26H28BFN4O9/c1-3-31-11-16(12-33)32(25(38)24(31)37)26(39)30-22(21-19(28)9-17(35)10-29-21)20(36)8-15-7-14-5-4-6-18(13(2)34)23(14)41-27(15)40/h4-6,9-10,15-16,22,33,35,40H,3,7-8,11-12H2,1-2H3,(H,30,39)/t15-,16-,22?/m1/s1. The number of carbonyl (C=O) groups excluding carboxylic acids is 5. The van der Waals surface area contributed by atoms with Gasteiger partial charge in [0, 0.05) is 31.4 Å². The van der Waals surface area contributed by atoms with E-state index >= 15 is 0 Å². The summed E-state index contributed by atoms with van der Waals surface area (Å²) in [5, 5.41) is 32.3. The van der Waals surface area contributed by atoms with Gasteiger partial charge in [0.2, 0.25) is 0 Å². The van der Waals surface area contributed by atoms with Gasteiger partial charge >= 0.3 is 25.0 Å². The number of para-hydroxylation sites is 1. The first-order valence-corrected chi connectivity index (χ1v) is 12.8. The summed E-state index contributed by atoms with van der Waals surface area (Å²) >= 11 is 0. The number of halogens is 1. The van der Waals surface area contributed by atoms with Gasteiger partial charge in [-0.05, 0) is 31.9 Å². The third-order valence-electron chi connectivity index (χ3n) is 7.08. The van der Waals surface area contributed by atoms with Gasteiger partial charge in [0.25, 0.3) is 0 Å². The summed E-state index contributed by atoms with van der Waals surface area (Å²) in [5.41, 5.74) is 0.227. The van der Waals surface area contributed by atoms with Crippen molar-refractivity contribution in [3.63, 3.8) is 0 Å². The molecule has 1 aromatic carbocycles. The second-order valence-corrected chi connectivity index (χ2v) is 9.79. The van der Waals surface area contributed by atoms with E-state index in [0.29, 0.717) is 16.5 Å². The van der Waals surface area contributed by atoms with Crippen molar-refractivity contribution in [1.29, 1.82) is 0 Å². The number of aromatic hydroxyl groups is 1. The lowest BCUT2D eigenvalue weighted by Crippen LogP contribution is -2.64. The Morgan fingerprint density at radius 1 is 1.27 bits per heavy atom. The highest BCUT2D eigenvalue weighted by molar-refractivity contribution is 6.47. The molecular weight excluding hydrogens is 542 g/mol. The average Bonchev–Trinajstić information content (AvgIpc) is 2.93. The van der Waals surface area contributed by atoms with Gasteiger partial charge in [-0.25, -0.2) is 14.1 Å². The normalized spacial score (nSPS) is 19.4. The van der Waals surface area contributed by atoms with E-state index in [1.165, 1.54) is 13.0 Å². The molecule has 4 rings (SSSR count). The molecule has 1 unspecified atom stereocenters. The topological polar surface area (TPSA) is 187 Å². The minimum absolute atomic E-state index is 0.105. The van der Waals surface area contributed by atoms with Crippen LogP contribution in [0, 0.1) is 5.82 Å². The molecule has 0 bridgehead atoms. The maximum absolute atomic E-state index is 14.9. The second kappa shape index (κ2) is 12.0. The van der Waals surface area contributed by atoms with Gasteiger partial charge in [-0.15, -0.1) is 0 Å². The van der Waals surface area contributed by atoms with Crippen molar-refractivity contribution in [3.8, 4) is 11.5 Å². The van der Waals surface area contributed by atoms with E-state index in [1.54, 1.807) is 19.1 Å². The Labute approximate surface area is 234 Å². The van der Waals surface area contributed by atoms with Crippen LogP contribution in [0.5, 0.6) is 11.5 Å². The Morgan fingerprint density at radius 2 is 2.00 bits per heavy atom. The van der Waals surface area contributed by atoms with E-state index in [0.717, 1.165) is 11.1 Å². The largest absolute Gasteiger partial charge is 0.535 e. The number of aliphatic hydroxyl groups is 1. The molecule has 4 amide bonds. The van der Waals surface area contributed by atoms with Gasteiger partial charge in [0.1, 0.15) is 23.2 Å². The third-order valence-corrected chi connectivity index (χ3v) is 7.08. The lowest BCUT2D eigenvalue weighted by Gasteiger charge is -2.38. The zero-order valence-corrected chi connectivity index (χ0v) is 22.2. The SMILES string of the molecule is CCN1C[C@H](CO)N(C(=O)NC(C(=O)C[C@H]2Cc3cccc(C(C)=O)c3OB2O)c2ncc(O)cc2F)C(=O)C1=O. The molecule has 3 atom stereocenters. The molecule has 1 fully saturated rings. The van der Waals surface area contributed by atoms with Crippen LogP contribution in [0.4, 0.5) is 9.18 Å². The average molecular weight is 570 g/mol. The highest BCUT2D eigenvalue weighted by atomic mass is 19.1. The van der Waals surface area contributed by atoms with E-state index in [-0.39, 0.29) is 36.6 Å². The number of Topliss-reactive ketones (excluding diaryl/α,β-unsaturated/α-hetero) is 2. The molecule has 2 aliphatic heterocycles. The van der Waals surface area contributed by atoms with Crippen LogP contribution in [0.1, 0.15) is 47.9 Å². The Bertz CT molecular complexity index is 1410. The number of urea groups is 1. The Kier molecular flexibility index (Phi) is 8.68. The monoisotopic (exact) mass is 570 g/mol. The molecule has 2 aliphatic rings. The van der Waals surface area contributed by atoms with Gasteiger partial charge in [0.15, 0.2) is 17.4 Å². The van der Waals surface area contributed by atoms with Gasteiger partial charge in [-0.1, -0.05) is 12.1 Å². The van der Waals surface area contributed by atoms with Crippen molar-refractivity contribution in [1.82, 2.24) is 20.1 Å². The molecule has 1 aromatic heterocycles. The van der Waals surface area contributed by atoms with E-state index in [9.17, 15) is 43.6 Å². The summed E-state index contributed by atoms with van der Waals surface area (Å²) < 4.78 is 20.5. The molecule has 216 valence electrons. The smallest absolute Gasteiger partial charge is 0.526 e. The minimum Gasteiger partial charge on any atom is -0.535 e. The zero-order chi connectivity index (χ0) is 30.0. The Morgan fingerprint density at radius 3 is 2.63 bits per heavy atom. The van der Waals surface area contributed by atoms with E-state index in [1.807, 2.05) is 0 Å². The lowest BCUT2D eigenvalue weighted by atomic mass is 9.64. The Balaban J connectivity index is 1.62. The van der Waals surface area contributed by atoms with Crippen LogP contribution in [0.3, 0.4) is 0 Å². The van der Waals surface area contributed by atoms with Gasteiger partial charge in [-0.3, -0.25) is 24.2 Å². The number of fused-ring (bicyclic) bond motifs is 1. The molecule has 3 heterocycles. The molecule has 0 spiro atoms. The number of piperazine rings is 1. The lowest BCUT2D eigenvalue weighted by molar-refractivity contribution is -0.156. The first-order chi connectivity index (χ1) is 19.5. The molecular formula is C26H28BFN4O9. The molecule has 4 N–H and O–H groups in total. The highest BCUT2D eigenvalue weighted by Crippen LogP contribution is 2.37. The molecule has 13 nitrogen and oxygen atoms in total. The minimum atomic E-state index is -1.81. The summed E-state index contributed by atoms with van der Waals surface area (Å²) in [6.45, 7) is 2.29. The van der Waals surface area contributed by atoms with Crippen LogP contribution >= 0.6 is 0 Å². The predicted molar refractivity (Wildman–Crippen MR) is 139 cm³/mol. The number of carbonyl (C=O) groups is 5. The number of aromatic nitrogens is 1. The zero-order valence-electron chi connectivity index (χ0n) is 22.2. The number of pyridine rings is 1. The highest BCUT2D eigenvalue weighted by Gasteiger charge is 2.44. The van der Waals surface area contributed by atoms with Crippen LogP contribution in [-0.4, -0.2) is 92.3 Å². The molecule has 0 radical (unpaired) electrons. The maximum atomic E-state index is 14.9.